The first kappa shape index (κ1) is 19.9. The number of carbonyl (C=O) groups excluding carboxylic acids is 1. The van der Waals surface area contributed by atoms with E-state index in [1.165, 1.54) is 5.52 Å². The number of amides is 1. The van der Waals surface area contributed by atoms with Gasteiger partial charge in [0.05, 0.1) is 37.5 Å². The normalized spacial score (nSPS) is 13.0. The lowest BCUT2D eigenvalue weighted by atomic mass is 10.1. The molecule has 7 heteroatoms. The SMILES string of the molecule is COc1ccc(C(=O)Nc2cc(N3CCn4c(nc5ccccc54)C3)ccc2OC)cc1. The number of rotatable bonds is 5. The van der Waals surface area contributed by atoms with Crippen LogP contribution >= 0.6 is 0 Å². The minimum Gasteiger partial charge on any atom is -0.497 e. The van der Waals surface area contributed by atoms with E-state index >= 15 is 0 Å². The van der Waals surface area contributed by atoms with E-state index in [1.807, 2.05) is 36.4 Å². The van der Waals surface area contributed by atoms with Crippen LogP contribution in [0.2, 0.25) is 0 Å². The second-order valence-corrected chi connectivity index (χ2v) is 7.66. The fourth-order valence-corrected chi connectivity index (χ4v) is 4.11. The molecule has 0 saturated heterocycles. The van der Waals surface area contributed by atoms with Gasteiger partial charge in [0.1, 0.15) is 17.3 Å². The molecule has 1 N–H and O–H groups in total. The van der Waals surface area contributed by atoms with Gasteiger partial charge in [-0.15, -0.1) is 0 Å². The van der Waals surface area contributed by atoms with Crippen molar-refractivity contribution in [2.24, 2.45) is 0 Å². The van der Waals surface area contributed by atoms with Crippen LogP contribution in [0.1, 0.15) is 16.2 Å². The first-order valence-electron chi connectivity index (χ1n) is 10.5. The number of para-hydroxylation sites is 2. The molecular formula is C25H24N4O3. The third-order valence-corrected chi connectivity index (χ3v) is 5.81. The molecule has 0 unspecified atom stereocenters. The van der Waals surface area contributed by atoms with E-state index in [0.29, 0.717) is 29.3 Å². The van der Waals surface area contributed by atoms with Crippen molar-refractivity contribution < 1.29 is 14.3 Å². The number of aromatic nitrogens is 2. The number of hydrogen-bond acceptors (Lipinski definition) is 5. The monoisotopic (exact) mass is 428 g/mol. The molecule has 0 bridgehead atoms. The van der Waals surface area contributed by atoms with Crippen LogP contribution in [0.3, 0.4) is 0 Å². The van der Waals surface area contributed by atoms with Crippen molar-refractivity contribution in [3.63, 3.8) is 0 Å². The molecule has 0 radical (unpaired) electrons. The average Bonchev–Trinajstić information content (AvgIpc) is 3.22. The van der Waals surface area contributed by atoms with Gasteiger partial charge in [-0.25, -0.2) is 4.98 Å². The molecule has 0 atom stereocenters. The standard InChI is InChI=1S/C25H24N4O3/c1-31-19-10-7-17(8-11-19)25(30)27-21-15-18(9-12-23(21)32-2)28-13-14-29-22-6-4-3-5-20(22)26-24(29)16-28/h3-12,15H,13-14,16H2,1-2H3,(H,27,30). The van der Waals surface area contributed by atoms with Crippen LogP contribution in [0.4, 0.5) is 11.4 Å². The summed E-state index contributed by atoms with van der Waals surface area (Å²) < 4.78 is 12.9. The van der Waals surface area contributed by atoms with Gasteiger partial charge in [-0.1, -0.05) is 12.1 Å². The van der Waals surface area contributed by atoms with E-state index in [1.54, 1.807) is 38.5 Å². The lowest BCUT2D eigenvalue weighted by Crippen LogP contribution is -2.33. The second kappa shape index (κ2) is 8.26. The van der Waals surface area contributed by atoms with Gasteiger partial charge in [-0.3, -0.25) is 4.79 Å². The van der Waals surface area contributed by atoms with Crippen molar-refractivity contribution >= 4 is 28.3 Å². The largest absolute Gasteiger partial charge is 0.497 e. The highest BCUT2D eigenvalue weighted by atomic mass is 16.5. The van der Waals surface area contributed by atoms with Gasteiger partial charge in [0.15, 0.2) is 0 Å². The van der Waals surface area contributed by atoms with Gasteiger partial charge >= 0.3 is 0 Å². The first-order chi connectivity index (χ1) is 15.7. The summed E-state index contributed by atoms with van der Waals surface area (Å²) in [7, 11) is 3.20. The molecule has 1 aliphatic heterocycles. The summed E-state index contributed by atoms with van der Waals surface area (Å²) >= 11 is 0. The zero-order chi connectivity index (χ0) is 22.1. The van der Waals surface area contributed by atoms with Crippen molar-refractivity contribution in [2.75, 3.05) is 31.0 Å². The van der Waals surface area contributed by atoms with Crippen molar-refractivity contribution in [1.82, 2.24) is 9.55 Å². The summed E-state index contributed by atoms with van der Waals surface area (Å²) in [6, 6.07) is 21.1. The second-order valence-electron chi connectivity index (χ2n) is 7.66. The predicted octanol–water partition coefficient (Wildman–Crippen LogP) is 4.33. The van der Waals surface area contributed by atoms with Crippen LogP contribution in [-0.4, -0.2) is 36.2 Å². The Morgan fingerprint density at radius 1 is 0.969 bits per heavy atom. The van der Waals surface area contributed by atoms with Crippen LogP contribution in [0.5, 0.6) is 11.5 Å². The predicted molar refractivity (Wildman–Crippen MR) is 125 cm³/mol. The number of benzene rings is 3. The van der Waals surface area contributed by atoms with Gasteiger partial charge in [0.25, 0.3) is 5.91 Å². The third-order valence-electron chi connectivity index (χ3n) is 5.81. The fraction of sp³-hybridized carbons (Fsp3) is 0.200. The van der Waals surface area contributed by atoms with E-state index in [0.717, 1.165) is 30.1 Å². The Balaban J connectivity index is 1.39. The smallest absolute Gasteiger partial charge is 0.255 e. The van der Waals surface area contributed by atoms with Gasteiger partial charge in [-0.05, 0) is 54.6 Å². The maximum Gasteiger partial charge on any atom is 0.255 e. The molecular weight excluding hydrogens is 404 g/mol. The Morgan fingerprint density at radius 2 is 1.78 bits per heavy atom. The van der Waals surface area contributed by atoms with E-state index in [2.05, 4.69) is 20.9 Å². The molecule has 1 amide bonds. The summed E-state index contributed by atoms with van der Waals surface area (Å²) in [6.07, 6.45) is 0. The van der Waals surface area contributed by atoms with Gasteiger partial charge in [0, 0.05) is 24.3 Å². The van der Waals surface area contributed by atoms with Gasteiger partial charge in [-0.2, -0.15) is 0 Å². The Kier molecular flexibility index (Phi) is 5.15. The minimum absolute atomic E-state index is 0.205. The van der Waals surface area contributed by atoms with Crippen molar-refractivity contribution in [3.05, 3.63) is 78.1 Å². The van der Waals surface area contributed by atoms with Crippen LogP contribution in [0.25, 0.3) is 11.0 Å². The quantitative estimate of drug-likeness (QED) is 0.513. The van der Waals surface area contributed by atoms with Crippen molar-refractivity contribution in [2.45, 2.75) is 13.1 Å². The Bertz CT molecular complexity index is 1280. The molecule has 0 fully saturated rings. The van der Waals surface area contributed by atoms with Crippen molar-refractivity contribution in [1.29, 1.82) is 0 Å². The molecule has 0 saturated carbocycles. The van der Waals surface area contributed by atoms with E-state index < -0.39 is 0 Å². The number of hydrogen-bond donors (Lipinski definition) is 1. The molecule has 162 valence electrons. The molecule has 7 nitrogen and oxygen atoms in total. The van der Waals surface area contributed by atoms with Crippen LogP contribution in [0, 0.1) is 0 Å². The summed E-state index contributed by atoms with van der Waals surface area (Å²) in [5, 5.41) is 2.98. The molecule has 0 spiro atoms. The molecule has 4 aromatic rings. The maximum atomic E-state index is 12.8. The number of nitrogens with zero attached hydrogens (tertiary/aromatic N) is 3. The first-order valence-corrected chi connectivity index (χ1v) is 10.5. The van der Waals surface area contributed by atoms with Crippen LogP contribution in [0.15, 0.2) is 66.7 Å². The Hall–Kier alpha value is -4.00. The topological polar surface area (TPSA) is 68.6 Å². The number of anilines is 2. The molecule has 2 heterocycles. The van der Waals surface area contributed by atoms with E-state index in [9.17, 15) is 4.79 Å². The maximum absolute atomic E-state index is 12.8. The highest BCUT2D eigenvalue weighted by molar-refractivity contribution is 6.05. The molecule has 0 aliphatic carbocycles. The minimum atomic E-state index is -0.205. The number of fused-ring (bicyclic) bond motifs is 3. The van der Waals surface area contributed by atoms with Gasteiger partial charge in [0.2, 0.25) is 0 Å². The highest BCUT2D eigenvalue weighted by Crippen LogP contribution is 2.32. The number of carbonyl (C=O) groups is 1. The highest BCUT2D eigenvalue weighted by Gasteiger charge is 2.21. The van der Waals surface area contributed by atoms with Gasteiger partial charge < -0.3 is 24.3 Å². The molecule has 1 aliphatic rings. The summed E-state index contributed by atoms with van der Waals surface area (Å²) in [6.45, 7) is 2.41. The number of ether oxygens (including phenoxy) is 2. The van der Waals surface area contributed by atoms with Crippen LogP contribution < -0.4 is 19.7 Å². The lowest BCUT2D eigenvalue weighted by molar-refractivity contribution is 0.102. The van der Waals surface area contributed by atoms with E-state index in [-0.39, 0.29) is 5.91 Å². The summed E-state index contributed by atoms with van der Waals surface area (Å²) in [4.78, 5) is 19.9. The molecule has 3 aromatic carbocycles. The number of nitrogens with one attached hydrogen (secondary N) is 1. The molecule has 5 rings (SSSR count). The Morgan fingerprint density at radius 3 is 2.56 bits per heavy atom. The molecule has 1 aromatic heterocycles. The fourth-order valence-electron chi connectivity index (χ4n) is 4.11. The van der Waals surface area contributed by atoms with Crippen molar-refractivity contribution in [3.8, 4) is 11.5 Å². The summed E-state index contributed by atoms with van der Waals surface area (Å²) in [5.41, 5.74) is 4.37. The number of methoxy groups -OCH3 is 2. The summed E-state index contributed by atoms with van der Waals surface area (Å²) in [5.74, 6) is 2.15. The number of imidazole rings is 1. The zero-order valence-corrected chi connectivity index (χ0v) is 18.0. The molecule has 32 heavy (non-hydrogen) atoms. The average molecular weight is 428 g/mol. The Labute approximate surface area is 186 Å². The van der Waals surface area contributed by atoms with Crippen LogP contribution in [-0.2, 0) is 13.1 Å². The lowest BCUT2D eigenvalue weighted by Gasteiger charge is -2.30. The van der Waals surface area contributed by atoms with E-state index in [4.69, 9.17) is 14.5 Å². The third kappa shape index (κ3) is 3.62. The zero-order valence-electron chi connectivity index (χ0n) is 18.0.